The molecule has 2 heterocycles. The Labute approximate surface area is 121 Å². The first-order valence-corrected chi connectivity index (χ1v) is 7.11. The van der Waals surface area contributed by atoms with E-state index >= 15 is 0 Å². The molecule has 0 saturated carbocycles. The van der Waals surface area contributed by atoms with Crippen molar-refractivity contribution in [1.82, 2.24) is 4.90 Å². The molecule has 2 aliphatic heterocycles. The average molecular weight is 291 g/mol. The first-order valence-electron chi connectivity index (χ1n) is 7.11. The molecule has 2 aliphatic rings. The summed E-state index contributed by atoms with van der Waals surface area (Å²) in [4.78, 5) is 24.4. The average Bonchev–Trinajstić information content (AvgIpc) is 2.67. The zero-order valence-corrected chi connectivity index (χ0v) is 11.5. The zero-order valence-electron chi connectivity index (χ0n) is 11.5. The van der Waals surface area contributed by atoms with Gasteiger partial charge in [0, 0.05) is 36.5 Å². The molecule has 112 valence electrons. The molecule has 0 spiro atoms. The van der Waals surface area contributed by atoms with Crippen LogP contribution in [0.15, 0.2) is 18.2 Å². The number of aliphatic hydroxyl groups is 1. The lowest BCUT2D eigenvalue weighted by Crippen LogP contribution is -2.51. The van der Waals surface area contributed by atoms with E-state index in [9.17, 15) is 20.0 Å². The topological polar surface area (TPSA) is 95.7 Å². The van der Waals surface area contributed by atoms with Crippen LogP contribution in [0.1, 0.15) is 31.2 Å². The number of nitro benzene ring substituents is 1. The standard InChI is InChI=1S/C14H17N3O4/c18-13-14(19,16-7-3-1-2-4-8-16)11-9-10(17(20)21)5-6-12(11)15-13/h5-6,9,19H,1-4,7-8H2,(H,15,18)/t14-/m1/s1. The van der Waals surface area contributed by atoms with Crippen LogP contribution in [0.4, 0.5) is 11.4 Å². The molecule has 1 aromatic rings. The van der Waals surface area contributed by atoms with E-state index in [0.29, 0.717) is 18.8 Å². The minimum Gasteiger partial charge on any atom is -0.364 e. The predicted octanol–water partition coefficient (Wildman–Crippen LogP) is 1.57. The Morgan fingerprint density at radius 1 is 1.24 bits per heavy atom. The van der Waals surface area contributed by atoms with E-state index in [-0.39, 0.29) is 11.3 Å². The molecule has 0 aliphatic carbocycles. The number of rotatable bonds is 2. The molecule has 7 heteroatoms. The molecule has 1 saturated heterocycles. The number of amides is 1. The third-order valence-corrected chi connectivity index (χ3v) is 4.22. The lowest BCUT2D eigenvalue weighted by atomic mass is 10.0. The smallest absolute Gasteiger partial charge is 0.276 e. The summed E-state index contributed by atoms with van der Waals surface area (Å²) in [5.74, 6) is -0.528. The first-order chi connectivity index (χ1) is 10.0. The first kappa shape index (κ1) is 14.0. The second kappa shape index (κ2) is 5.09. The molecular formula is C14H17N3O4. The number of carbonyl (C=O) groups excluding carboxylic acids is 1. The van der Waals surface area contributed by atoms with E-state index in [1.165, 1.54) is 18.2 Å². The normalized spacial score (nSPS) is 26.0. The number of hydrogen-bond donors (Lipinski definition) is 2. The summed E-state index contributed by atoms with van der Waals surface area (Å²) in [5.41, 5.74) is -1.20. The quantitative estimate of drug-likeness (QED) is 0.637. The minimum absolute atomic E-state index is 0.126. The Balaban J connectivity index is 2.04. The molecule has 2 N–H and O–H groups in total. The summed E-state index contributed by atoms with van der Waals surface area (Å²) >= 11 is 0. The van der Waals surface area contributed by atoms with Crippen LogP contribution in [0.25, 0.3) is 0 Å². The van der Waals surface area contributed by atoms with Gasteiger partial charge in [0.2, 0.25) is 5.72 Å². The molecule has 1 atom stereocenters. The summed E-state index contributed by atoms with van der Waals surface area (Å²) < 4.78 is 0. The second-order valence-electron chi connectivity index (χ2n) is 5.51. The Bertz CT molecular complexity index is 596. The highest BCUT2D eigenvalue weighted by molar-refractivity contribution is 6.04. The summed E-state index contributed by atoms with van der Waals surface area (Å²) in [6.07, 6.45) is 3.94. The number of carbonyl (C=O) groups is 1. The van der Waals surface area contributed by atoms with Gasteiger partial charge in [0.25, 0.3) is 11.6 Å². The number of likely N-dealkylation sites (tertiary alicyclic amines) is 1. The van der Waals surface area contributed by atoms with Gasteiger partial charge in [-0.25, -0.2) is 0 Å². The fourth-order valence-electron chi connectivity index (χ4n) is 3.08. The fourth-order valence-corrected chi connectivity index (χ4v) is 3.08. The van der Waals surface area contributed by atoms with Crippen LogP contribution in [0.2, 0.25) is 0 Å². The third kappa shape index (κ3) is 2.18. The van der Waals surface area contributed by atoms with Gasteiger partial charge in [-0.15, -0.1) is 0 Å². The van der Waals surface area contributed by atoms with Crippen molar-refractivity contribution in [3.05, 3.63) is 33.9 Å². The number of nitrogens with one attached hydrogen (secondary N) is 1. The minimum atomic E-state index is -1.80. The highest BCUT2D eigenvalue weighted by atomic mass is 16.6. The highest BCUT2D eigenvalue weighted by Crippen LogP contribution is 2.41. The summed E-state index contributed by atoms with van der Waals surface area (Å²) in [5, 5.41) is 24.5. The lowest BCUT2D eigenvalue weighted by molar-refractivity contribution is -0.385. The number of nitro groups is 1. The maximum absolute atomic E-state index is 12.3. The van der Waals surface area contributed by atoms with Gasteiger partial charge in [-0.2, -0.15) is 0 Å². The summed E-state index contributed by atoms with van der Waals surface area (Å²) in [6, 6.07) is 4.09. The van der Waals surface area contributed by atoms with E-state index in [1.807, 2.05) is 0 Å². The molecule has 0 aromatic heterocycles. The number of fused-ring (bicyclic) bond motifs is 1. The van der Waals surface area contributed by atoms with Crippen molar-refractivity contribution in [2.75, 3.05) is 18.4 Å². The molecule has 1 amide bonds. The van der Waals surface area contributed by atoms with Gasteiger partial charge in [0.15, 0.2) is 0 Å². The Hall–Kier alpha value is -1.99. The van der Waals surface area contributed by atoms with E-state index in [1.54, 1.807) is 4.90 Å². The molecule has 7 nitrogen and oxygen atoms in total. The Morgan fingerprint density at radius 2 is 1.90 bits per heavy atom. The Kier molecular flexibility index (Phi) is 3.38. The monoisotopic (exact) mass is 291 g/mol. The molecule has 0 bridgehead atoms. The van der Waals surface area contributed by atoms with Gasteiger partial charge in [0.1, 0.15) is 0 Å². The third-order valence-electron chi connectivity index (χ3n) is 4.22. The number of anilines is 1. The van der Waals surface area contributed by atoms with Crippen molar-refractivity contribution < 1.29 is 14.8 Å². The molecule has 3 rings (SSSR count). The highest BCUT2D eigenvalue weighted by Gasteiger charge is 2.50. The van der Waals surface area contributed by atoms with Crippen molar-refractivity contribution in [1.29, 1.82) is 0 Å². The second-order valence-corrected chi connectivity index (χ2v) is 5.51. The van der Waals surface area contributed by atoms with Gasteiger partial charge >= 0.3 is 0 Å². The number of nitrogens with zero attached hydrogens (tertiary/aromatic N) is 2. The van der Waals surface area contributed by atoms with Gasteiger partial charge in [-0.05, 0) is 18.9 Å². The van der Waals surface area contributed by atoms with Crippen molar-refractivity contribution >= 4 is 17.3 Å². The van der Waals surface area contributed by atoms with Crippen LogP contribution in [0.3, 0.4) is 0 Å². The maximum Gasteiger partial charge on any atom is 0.276 e. The molecular weight excluding hydrogens is 274 g/mol. The van der Waals surface area contributed by atoms with Crippen LogP contribution in [0.5, 0.6) is 0 Å². The fraction of sp³-hybridized carbons (Fsp3) is 0.500. The molecule has 0 radical (unpaired) electrons. The van der Waals surface area contributed by atoms with Crippen LogP contribution in [-0.4, -0.2) is 33.9 Å². The van der Waals surface area contributed by atoms with Crippen molar-refractivity contribution in [2.45, 2.75) is 31.4 Å². The number of non-ortho nitro benzene ring substituents is 1. The number of hydrogen-bond acceptors (Lipinski definition) is 5. The van der Waals surface area contributed by atoms with Gasteiger partial charge in [-0.1, -0.05) is 12.8 Å². The summed E-state index contributed by atoms with van der Waals surface area (Å²) in [7, 11) is 0. The van der Waals surface area contributed by atoms with Crippen LogP contribution < -0.4 is 5.32 Å². The van der Waals surface area contributed by atoms with Crippen LogP contribution in [0, 0.1) is 10.1 Å². The van der Waals surface area contributed by atoms with E-state index in [4.69, 9.17) is 0 Å². The zero-order chi connectivity index (χ0) is 15.0. The largest absolute Gasteiger partial charge is 0.364 e. The van der Waals surface area contributed by atoms with Crippen molar-refractivity contribution in [2.24, 2.45) is 0 Å². The maximum atomic E-state index is 12.3. The molecule has 0 unspecified atom stereocenters. The lowest BCUT2D eigenvalue weighted by Gasteiger charge is -2.34. The predicted molar refractivity (Wildman–Crippen MR) is 75.7 cm³/mol. The Morgan fingerprint density at radius 3 is 2.52 bits per heavy atom. The van der Waals surface area contributed by atoms with E-state index in [0.717, 1.165) is 25.7 Å². The van der Waals surface area contributed by atoms with Gasteiger partial charge in [-0.3, -0.25) is 19.8 Å². The van der Waals surface area contributed by atoms with Crippen molar-refractivity contribution in [3.63, 3.8) is 0 Å². The van der Waals surface area contributed by atoms with E-state index < -0.39 is 16.6 Å². The number of benzene rings is 1. The molecule has 21 heavy (non-hydrogen) atoms. The van der Waals surface area contributed by atoms with Crippen molar-refractivity contribution in [3.8, 4) is 0 Å². The summed E-state index contributed by atoms with van der Waals surface area (Å²) in [6.45, 7) is 1.21. The van der Waals surface area contributed by atoms with Gasteiger partial charge < -0.3 is 10.4 Å². The molecule has 1 fully saturated rings. The van der Waals surface area contributed by atoms with Crippen LogP contribution in [-0.2, 0) is 10.5 Å². The SMILES string of the molecule is O=C1Nc2ccc([N+](=O)[O-])cc2[C@]1(O)N1CCCCCC1. The van der Waals surface area contributed by atoms with E-state index in [2.05, 4.69) is 5.32 Å². The van der Waals surface area contributed by atoms with Gasteiger partial charge in [0.05, 0.1) is 4.92 Å². The molecule has 1 aromatic carbocycles. The van der Waals surface area contributed by atoms with Crippen LogP contribution >= 0.6 is 0 Å².